The van der Waals surface area contributed by atoms with Crippen molar-refractivity contribution in [2.75, 3.05) is 18.2 Å². The van der Waals surface area contributed by atoms with Crippen LogP contribution in [0.1, 0.15) is 21.5 Å². The van der Waals surface area contributed by atoms with E-state index in [0.717, 1.165) is 21.4 Å². The molecule has 0 unspecified atom stereocenters. The van der Waals surface area contributed by atoms with E-state index in [1.165, 1.54) is 18.9 Å². The summed E-state index contributed by atoms with van der Waals surface area (Å²) < 4.78 is 5.74. The van der Waals surface area contributed by atoms with Gasteiger partial charge in [-0.1, -0.05) is 40.2 Å². The Morgan fingerprint density at radius 2 is 1.96 bits per heavy atom. The molecule has 0 heterocycles. The zero-order chi connectivity index (χ0) is 17.5. The highest BCUT2D eigenvalue weighted by atomic mass is 79.9. The van der Waals surface area contributed by atoms with Gasteiger partial charge in [0.25, 0.3) is 0 Å². The predicted octanol–water partition coefficient (Wildman–Crippen LogP) is 4.42. The molecule has 0 aromatic heterocycles. The summed E-state index contributed by atoms with van der Waals surface area (Å²) >= 11 is 5.03. The third-order valence-electron chi connectivity index (χ3n) is 3.38. The Hall–Kier alpha value is -1.79. The molecule has 2 aromatic rings. The Kier molecular flexibility index (Phi) is 6.87. The molecule has 1 N–H and O–H groups in total. The van der Waals surface area contributed by atoms with Crippen LogP contribution in [0.2, 0.25) is 0 Å². The molecule has 0 aliphatic carbocycles. The van der Waals surface area contributed by atoms with E-state index in [-0.39, 0.29) is 5.91 Å². The van der Waals surface area contributed by atoms with Gasteiger partial charge in [-0.15, -0.1) is 11.8 Å². The minimum atomic E-state index is -0.422. The van der Waals surface area contributed by atoms with Crippen molar-refractivity contribution in [3.8, 4) is 0 Å². The van der Waals surface area contributed by atoms with Crippen molar-refractivity contribution in [1.82, 2.24) is 0 Å². The van der Waals surface area contributed by atoms with E-state index in [4.69, 9.17) is 4.74 Å². The standard InChI is InChI=1S/C18H18BrNO3S/c1-12-7-8-13(18(22)23-2)9-16(12)20-17(21)11-24-10-14-5-3-4-6-15(14)19/h3-9H,10-11H2,1-2H3,(H,20,21). The van der Waals surface area contributed by atoms with Gasteiger partial charge < -0.3 is 10.1 Å². The Morgan fingerprint density at radius 3 is 2.67 bits per heavy atom. The van der Waals surface area contributed by atoms with E-state index in [2.05, 4.69) is 21.2 Å². The van der Waals surface area contributed by atoms with Gasteiger partial charge in [-0.25, -0.2) is 4.79 Å². The molecule has 0 radical (unpaired) electrons. The molecular weight excluding hydrogens is 390 g/mol. The SMILES string of the molecule is COC(=O)c1ccc(C)c(NC(=O)CSCc2ccccc2Br)c1. The second-order valence-corrected chi connectivity index (χ2v) is 6.99. The lowest BCUT2D eigenvalue weighted by Crippen LogP contribution is -2.15. The van der Waals surface area contributed by atoms with Crippen LogP contribution in [0.3, 0.4) is 0 Å². The van der Waals surface area contributed by atoms with Crippen molar-refractivity contribution in [1.29, 1.82) is 0 Å². The minimum absolute atomic E-state index is 0.0998. The summed E-state index contributed by atoms with van der Waals surface area (Å²) in [5.41, 5.74) is 3.09. The average Bonchev–Trinajstić information content (AvgIpc) is 2.58. The van der Waals surface area contributed by atoms with E-state index in [0.29, 0.717) is 17.0 Å². The molecule has 0 saturated carbocycles. The van der Waals surface area contributed by atoms with Gasteiger partial charge in [0.1, 0.15) is 0 Å². The maximum absolute atomic E-state index is 12.1. The topological polar surface area (TPSA) is 55.4 Å². The van der Waals surface area contributed by atoms with Gasteiger partial charge in [-0.3, -0.25) is 4.79 Å². The molecule has 4 nitrogen and oxygen atoms in total. The lowest BCUT2D eigenvalue weighted by Gasteiger charge is -2.10. The first kappa shape index (κ1) is 18.5. The van der Waals surface area contributed by atoms with Gasteiger partial charge >= 0.3 is 5.97 Å². The number of amides is 1. The molecule has 0 atom stereocenters. The molecule has 0 aliphatic rings. The molecule has 2 rings (SSSR count). The number of hydrogen-bond donors (Lipinski definition) is 1. The van der Waals surface area contributed by atoms with Crippen LogP contribution in [0.4, 0.5) is 5.69 Å². The van der Waals surface area contributed by atoms with Crippen molar-refractivity contribution in [2.24, 2.45) is 0 Å². The van der Waals surface area contributed by atoms with E-state index in [1.54, 1.807) is 18.2 Å². The van der Waals surface area contributed by atoms with E-state index >= 15 is 0 Å². The van der Waals surface area contributed by atoms with E-state index in [1.807, 2.05) is 31.2 Å². The Balaban J connectivity index is 1.92. The van der Waals surface area contributed by atoms with Gasteiger partial charge in [0.2, 0.25) is 5.91 Å². The minimum Gasteiger partial charge on any atom is -0.465 e. The van der Waals surface area contributed by atoms with Crippen LogP contribution in [-0.4, -0.2) is 24.7 Å². The van der Waals surface area contributed by atoms with E-state index in [9.17, 15) is 9.59 Å². The summed E-state index contributed by atoms with van der Waals surface area (Å²) in [6.45, 7) is 1.88. The summed E-state index contributed by atoms with van der Waals surface area (Å²) in [6, 6.07) is 13.0. The number of carbonyl (C=O) groups is 2. The quantitative estimate of drug-likeness (QED) is 0.720. The lowest BCUT2D eigenvalue weighted by molar-refractivity contribution is -0.113. The average molecular weight is 408 g/mol. The molecular formula is C18H18BrNO3S. The number of anilines is 1. The molecule has 2 aromatic carbocycles. The fourth-order valence-electron chi connectivity index (χ4n) is 2.06. The van der Waals surface area contributed by atoms with Crippen LogP contribution in [0.15, 0.2) is 46.9 Å². The molecule has 6 heteroatoms. The van der Waals surface area contributed by atoms with Gasteiger partial charge in [-0.05, 0) is 36.2 Å². The highest BCUT2D eigenvalue weighted by molar-refractivity contribution is 9.10. The Bertz CT molecular complexity index is 749. The van der Waals surface area contributed by atoms with Crippen molar-refractivity contribution >= 4 is 45.3 Å². The normalized spacial score (nSPS) is 10.3. The number of rotatable bonds is 6. The zero-order valence-electron chi connectivity index (χ0n) is 13.5. The third-order valence-corrected chi connectivity index (χ3v) is 5.14. The molecule has 24 heavy (non-hydrogen) atoms. The first-order valence-corrected chi connectivity index (χ1v) is 9.26. The maximum atomic E-state index is 12.1. The van der Waals surface area contributed by atoms with Crippen molar-refractivity contribution in [3.63, 3.8) is 0 Å². The largest absolute Gasteiger partial charge is 0.465 e. The smallest absolute Gasteiger partial charge is 0.337 e. The molecule has 0 fully saturated rings. The number of nitrogens with one attached hydrogen (secondary N) is 1. The Morgan fingerprint density at radius 1 is 1.21 bits per heavy atom. The highest BCUT2D eigenvalue weighted by Gasteiger charge is 2.10. The summed E-state index contributed by atoms with van der Waals surface area (Å²) in [4.78, 5) is 23.7. The van der Waals surface area contributed by atoms with Crippen LogP contribution in [0.25, 0.3) is 0 Å². The second-order valence-electron chi connectivity index (χ2n) is 5.15. The number of ether oxygens (including phenoxy) is 1. The van der Waals surface area contributed by atoms with Crippen LogP contribution in [0.5, 0.6) is 0 Å². The van der Waals surface area contributed by atoms with Crippen LogP contribution in [-0.2, 0) is 15.3 Å². The number of thioether (sulfide) groups is 1. The zero-order valence-corrected chi connectivity index (χ0v) is 15.9. The summed E-state index contributed by atoms with van der Waals surface area (Å²) in [5.74, 6) is 0.560. The fraction of sp³-hybridized carbons (Fsp3) is 0.222. The number of carbonyl (C=O) groups excluding carboxylic acids is 2. The first-order chi connectivity index (χ1) is 11.5. The number of esters is 1. The van der Waals surface area contributed by atoms with Gasteiger partial charge in [0.15, 0.2) is 0 Å². The van der Waals surface area contributed by atoms with Crippen LogP contribution < -0.4 is 5.32 Å². The van der Waals surface area contributed by atoms with Gasteiger partial charge in [0, 0.05) is 15.9 Å². The van der Waals surface area contributed by atoms with E-state index < -0.39 is 5.97 Å². The molecule has 0 aliphatic heterocycles. The van der Waals surface area contributed by atoms with Crippen LogP contribution >= 0.6 is 27.7 Å². The number of hydrogen-bond acceptors (Lipinski definition) is 4. The number of methoxy groups -OCH3 is 1. The molecule has 1 amide bonds. The summed E-state index contributed by atoms with van der Waals surface area (Å²) in [6.07, 6.45) is 0. The highest BCUT2D eigenvalue weighted by Crippen LogP contribution is 2.22. The number of halogens is 1. The molecule has 0 saturated heterocycles. The predicted molar refractivity (Wildman–Crippen MR) is 101 cm³/mol. The lowest BCUT2D eigenvalue weighted by atomic mass is 10.1. The molecule has 0 bridgehead atoms. The summed E-state index contributed by atoms with van der Waals surface area (Å²) in [5, 5.41) is 2.85. The van der Waals surface area contributed by atoms with Crippen molar-refractivity contribution in [3.05, 3.63) is 63.6 Å². The van der Waals surface area contributed by atoms with Gasteiger partial charge in [-0.2, -0.15) is 0 Å². The summed E-state index contributed by atoms with van der Waals surface area (Å²) in [7, 11) is 1.33. The monoisotopic (exact) mass is 407 g/mol. The first-order valence-electron chi connectivity index (χ1n) is 7.31. The molecule has 126 valence electrons. The van der Waals surface area contributed by atoms with Crippen molar-refractivity contribution in [2.45, 2.75) is 12.7 Å². The number of aryl methyl sites for hydroxylation is 1. The van der Waals surface area contributed by atoms with Gasteiger partial charge in [0.05, 0.1) is 18.4 Å². The fourth-order valence-corrected chi connectivity index (χ4v) is 3.50. The second kappa shape index (κ2) is 8.89. The Labute approximate surface area is 154 Å². The van der Waals surface area contributed by atoms with Crippen molar-refractivity contribution < 1.29 is 14.3 Å². The van der Waals surface area contributed by atoms with Crippen LogP contribution in [0, 0.1) is 6.92 Å². The maximum Gasteiger partial charge on any atom is 0.337 e. The number of benzene rings is 2. The molecule has 0 spiro atoms. The third kappa shape index (κ3) is 5.11.